The van der Waals surface area contributed by atoms with E-state index >= 15 is 0 Å². The maximum Gasteiger partial charge on any atom is 0.255 e. The van der Waals surface area contributed by atoms with Crippen molar-refractivity contribution in [2.24, 2.45) is 0 Å². The minimum absolute atomic E-state index is 0.0222. The Balaban J connectivity index is 2.87. The lowest BCUT2D eigenvalue weighted by molar-refractivity contribution is 0.0883. The van der Waals surface area contributed by atoms with E-state index in [9.17, 15) is 14.3 Å². The van der Waals surface area contributed by atoms with Crippen LogP contribution in [0.2, 0.25) is 0 Å². The van der Waals surface area contributed by atoms with Crippen molar-refractivity contribution in [1.82, 2.24) is 5.32 Å². The molecule has 1 unspecified atom stereocenters. The fourth-order valence-electron chi connectivity index (χ4n) is 1.61. The van der Waals surface area contributed by atoms with E-state index in [4.69, 9.17) is 5.11 Å². The molecule has 0 bridgehead atoms. The summed E-state index contributed by atoms with van der Waals surface area (Å²) in [5.41, 5.74) is -0.527. The van der Waals surface area contributed by atoms with Crippen molar-refractivity contribution in [2.45, 2.75) is 32.2 Å². The molecule has 18 heavy (non-hydrogen) atoms. The first-order valence-electron chi connectivity index (χ1n) is 5.84. The number of nitrogens with one attached hydrogen (secondary N) is 1. The highest BCUT2D eigenvalue weighted by Gasteiger charge is 2.25. The van der Waals surface area contributed by atoms with E-state index in [1.54, 1.807) is 0 Å². The second kappa shape index (κ2) is 5.82. The molecule has 0 aromatic heterocycles. The second-order valence-corrected chi connectivity index (χ2v) is 4.50. The minimum Gasteiger partial charge on any atom is -0.507 e. The summed E-state index contributed by atoms with van der Waals surface area (Å²) in [4.78, 5) is 12.0. The van der Waals surface area contributed by atoms with Gasteiger partial charge in [-0.25, -0.2) is 4.39 Å². The molecule has 0 aliphatic heterocycles. The summed E-state index contributed by atoms with van der Waals surface area (Å²) >= 11 is 0. The molecule has 100 valence electrons. The summed E-state index contributed by atoms with van der Waals surface area (Å²) in [5, 5.41) is 21.2. The number of aliphatic hydroxyl groups is 1. The normalized spacial score (nSPS) is 14.0. The Bertz CT molecular complexity index is 436. The molecule has 1 aromatic carbocycles. The Morgan fingerprint density at radius 3 is 2.67 bits per heavy atom. The topological polar surface area (TPSA) is 69.6 Å². The smallest absolute Gasteiger partial charge is 0.255 e. The molecule has 1 atom stereocenters. The maximum atomic E-state index is 12.8. The average molecular weight is 255 g/mol. The number of amides is 1. The van der Waals surface area contributed by atoms with Crippen molar-refractivity contribution in [3.8, 4) is 5.75 Å². The van der Waals surface area contributed by atoms with Gasteiger partial charge in [0.25, 0.3) is 5.91 Å². The number of phenols is 1. The Hall–Kier alpha value is -1.62. The van der Waals surface area contributed by atoms with Crippen molar-refractivity contribution in [2.75, 3.05) is 6.61 Å². The fourth-order valence-corrected chi connectivity index (χ4v) is 1.61. The molecular formula is C13H18FNO3. The number of hydrogen-bond acceptors (Lipinski definition) is 3. The van der Waals surface area contributed by atoms with Crippen molar-refractivity contribution < 1.29 is 19.4 Å². The molecule has 0 aliphatic rings. The SMILES string of the molecule is CCC(C)(CCO)NC(=O)c1ccc(F)cc1O. The van der Waals surface area contributed by atoms with Crippen molar-refractivity contribution >= 4 is 5.91 Å². The van der Waals surface area contributed by atoms with E-state index in [2.05, 4.69) is 5.32 Å². The molecule has 0 saturated carbocycles. The standard InChI is InChI=1S/C13H18FNO3/c1-3-13(2,6-7-16)15-12(18)10-5-4-9(14)8-11(10)17/h4-5,8,16-17H,3,6-7H2,1-2H3,(H,15,18). The zero-order chi connectivity index (χ0) is 13.8. The summed E-state index contributed by atoms with van der Waals surface area (Å²) in [7, 11) is 0. The third kappa shape index (κ3) is 3.43. The van der Waals surface area contributed by atoms with Crippen LogP contribution in [0.25, 0.3) is 0 Å². The highest BCUT2D eigenvalue weighted by Crippen LogP contribution is 2.20. The van der Waals surface area contributed by atoms with Crippen LogP contribution in [-0.4, -0.2) is 28.3 Å². The van der Waals surface area contributed by atoms with Gasteiger partial charge in [0.2, 0.25) is 0 Å². The van der Waals surface area contributed by atoms with Gasteiger partial charge in [-0.3, -0.25) is 4.79 Å². The van der Waals surface area contributed by atoms with Crippen molar-refractivity contribution in [1.29, 1.82) is 0 Å². The van der Waals surface area contributed by atoms with E-state index in [0.717, 1.165) is 12.1 Å². The number of aromatic hydroxyl groups is 1. The zero-order valence-electron chi connectivity index (χ0n) is 10.5. The predicted octanol–water partition coefficient (Wildman–Crippen LogP) is 1.81. The Morgan fingerprint density at radius 1 is 1.50 bits per heavy atom. The summed E-state index contributed by atoms with van der Waals surface area (Å²) in [6.45, 7) is 3.65. The molecule has 0 aliphatic carbocycles. The molecular weight excluding hydrogens is 237 g/mol. The van der Waals surface area contributed by atoms with Gasteiger partial charge >= 0.3 is 0 Å². The van der Waals surface area contributed by atoms with Gasteiger partial charge in [0.15, 0.2) is 0 Å². The average Bonchev–Trinajstić information content (AvgIpc) is 2.28. The van der Waals surface area contributed by atoms with Gasteiger partial charge in [-0.15, -0.1) is 0 Å². The molecule has 0 spiro atoms. The highest BCUT2D eigenvalue weighted by atomic mass is 19.1. The molecule has 0 saturated heterocycles. The number of carbonyl (C=O) groups is 1. The summed E-state index contributed by atoms with van der Waals surface area (Å²) < 4.78 is 12.8. The van der Waals surface area contributed by atoms with Gasteiger partial charge in [-0.2, -0.15) is 0 Å². The molecule has 0 radical (unpaired) electrons. The number of rotatable bonds is 5. The van der Waals surface area contributed by atoms with Gasteiger partial charge in [0.05, 0.1) is 5.56 Å². The third-order valence-corrected chi connectivity index (χ3v) is 3.06. The van der Waals surface area contributed by atoms with Crippen LogP contribution < -0.4 is 5.32 Å². The van der Waals surface area contributed by atoms with Crippen LogP contribution in [0.15, 0.2) is 18.2 Å². The lowest BCUT2D eigenvalue weighted by Crippen LogP contribution is -2.46. The van der Waals surface area contributed by atoms with Gasteiger partial charge in [-0.05, 0) is 31.9 Å². The van der Waals surface area contributed by atoms with Crippen molar-refractivity contribution in [3.63, 3.8) is 0 Å². The number of hydrogen-bond donors (Lipinski definition) is 3. The van der Waals surface area contributed by atoms with E-state index in [-0.39, 0.29) is 12.2 Å². The lowest BCUT2D eigenvalue weighted by Gasteiger charge is -2.29. The van der Waals surface area contributed by atoms with Crippen LogP contribution in [0.3, 0.4) is 0 Å². The van der Waals surface area contributed by atoms with Crippen LogP contribution in [0.1, 0.15) is 37.0 Å². The number of aliphatic hydroxyl groups excluding tert-OH is 1. The van der Waals surface area contributed by atoms with E-state index in [0.29, 0.717) is 12.8 Å². The number of carbonyl (C=O) groups excluding carboxylic acids is 1. The van der Waals surface area contributed by atoms with E-state index in [1.807, 2.05) is 13.8 Å². The second-order valence-electron chi connectivity index (χ2n) is 4.50. The van der Waals surface area contributed by atoms with Crippen LogP contribution in [0.5, 0.6) is 5.75 Å². The minimum atomic E-state index is -0.599. The molecule has 1 amide bonds. The predicted molar refractivity (Wildman–Crippen MR) is 65.9 cm³/mol. The van der Waals surface area contributed by atoms with Crippen LogP contribution >= 0.6 is 0 Å². The number of benzene rings is 1. The lowest BCUT2D eigenvalue weighted by atomic mass is 9.94. The van der Waals surface area contributed by atoms with Crippen LogP contribution in [-0.2, 0) is 0 Å². The third-order valence-electron chi connectivity index (χ3n) is 3.06. The number of halogens is 1. The molecule has 0 fully saturated rings. The molecule has 0 heterocycles. The van der Waals surface area contributed by atoms with Crippen LogP contribution in [0, 0.1) is 5.82 Å². The quantitative estimate of drug-likeness (QED) is 0.751. The molecule has 1 aromatic rings. The monoisotopic (exact) mass is 255 g/mol. The fraction of sp³-hybridized carbons (Fsp3) is 0.462. The Labute approximate surface area is 105 Å². The summed E-state index contributed by atoms with van der Waals surface area (Å²) in [5.74, 6) is -1.47. The Kier molecular flexibility index (Phi) is 4.67. The first-order valence-corrected chi connectivity index (χ1v) is 5.84. The van der Waals surface area contributed by atoms with Gasteiger partial charge in [-0.1, -0.05) is 6.92 Å². The first kappa shape index (κ1) is 14.4. The van der Waals surface area contributed by atoms with Crippen molar-refractivity contribution in [3.05, 3.63) is 29.6 Å². The van der Waals surface area contributed by atoms with Gasteiger partial charge in [0.1, 0.15) is 11.6 Å². The van der Waals surface area contributed by atoms with E-state index in [1.165, 1.54) is 6.07 Å². The molecule has 1 rings (SSSR count). The highest BCUT2D eigenvalue weighted by molar-refractivity contribution is 5.97. The molecule has 3 N–H and O–H groups in total. The zero-order valence-corrected chi connectivity index (χ0v) is 10.5. The van der Waals surface area contributed by atoms with Crippen LogP contribution in [0.4, 0.5) is 4.39 Å². The van der Waals surface area contributed by atoms with E-state index < -0.39 is 23.0 Å². The molecule has 4 nitrogen and oxygen atoms in total. The number of phenolic OH excluding ortho intramolecular Hbond substituents is 1. The maximum absolute atomic E-state index is 12.8. The Morgan fingerprint density at radius 2 is 2.17 bits per heavy atom. The van der Waals surface area contributed by atoms with Gasteiger partial charge in [0, 0.05) is 18.2 Å². The molecule has 5 heteroatoms. The largest absolute Gasteiger partial charge is 0.507 e. The summed E-state index contributed by atoms with van der Waals surface area (Å²) in [6, 6.07) is 3.24. The first-order chi connectivity index (χ1) is 8.41. The summed E-state index contributed by atoms with van der Waals surface area (Å²) in [6.07, 6.45) is 1.05. The van der Waals surface area contributed by atoms with Gasteiger partial charge < -0.3 is 15.5 Å².